The number of nitrogens with one attached hydrogen (secondary N) is 1. The summed E-state index contributed by atoms with van der Waals surface area (Å²) in [5.41, 5.74) is 2.78. The monoisotopic (exact) mass is 446 g/mol. The van der Waals surface area contributed by atoms with Gasteiger partial charge in [0.25, 0.3) is 5.91 Å². The summed E-state index contributed by atoms with van der Waals surface area (Å²) in [4.78, 5) is 14.8. The van der Waals surface area contributed by atoms with Crippen LogP contribution in [0.3, 0.4) is 0 Å². The molecule has 3 aromatic carbocycles. The second kappa shape index (κ2) is 11.6. The number of piperidine rings is 1. The fourth-order valence-corrected chi connectivity index (χ4v) is 4.26. The van der Waals surface area contributed by atoms with Crippen LogP contribution in [-0.4, -0.2) is 30.4 Å². The Morgan fingerprint density at radius 3 is 2.39 bits per heavy atom. The average molecular weight is 447 g/mol. The number of halogens is 1. The maximum atomic E-state index is 13.4. The minimum absolute atomic E-state index is 0.0480. The minimum atomic E-state index is -0.174. The van der Waals surface area contributed by atoms with E-state index in [1.165, 1.54) is 6.07 Å². The van der Waals surface area contributed by atoms with Crippen molar-refractivity contribution in [3.8, 4) is 5.75 Å². The number of nitrogens with zero attached hydrogens (tertiary/aromatic N) is 1. The van der Waals surface area contributed by atoms with Gasteiger partial charge in [-0.25, -0.2) is 4.39 Å². The van der Waals surface area contributed by atoms with E-state index >= 15 is 0 Å². The number of rotatable bonds is 9. The molecule has 0 aliphatic carbocycles. The normalized spacial score (nSPS) is 14.7. The number of carbonyl (C=O) groups excluding carboxylic acids is 1. The standard InChI is InChI=1S/C28H31FN2O2/c29-26-8-4-7-24(19-26)20-31-17-14-22(15-18-31)13-16-30-28(32)25-9-11-27(12-10-25)33-21-23-5-2-1-3-6-23/h1-12,19,22H,13-18,20-21H2,(H,30,32). The zero-order chi connectivity index (χ0) is 22.9. The molecule has 0 bridgehead atoms. The third-order valence-corrected chi connectivity index (χ3v) is 6.21. The molecule has 0 unspecified atom stereocenters. The molecular formula is C28H31FN2O2. The van der Waals surface area contributed by atoms with E-state index in [2.05, 4.69) is 10.2 Å². The van der Waals surface area contributed by atoms with Crippen LogP contribution in [0.1, 0.15) is 40.7 Å². The lowest BCUT2D eigenvalue weighted by molar-refractivity contribution is 0.0947. The molecule has 1 N–H and O–H groups in total. The topological polar surface area (TPSA) is 41.6 Å². The van der Waals surface area contributed by atoms with Crippen LogP contribution in [0.25, 0.3) is 0 Å². The van der Waals surface area contributed by atoms with Gasteiger partial charge in [-0.2, -0.15) is 0 Å². The van der Waals surface area contributed by atoms with Gasteiger partial charge in [0.1, 0.15) is 18.2 Å². The third kappa shape index (κ3) is 7.16. The number of likely N-dealkylation sites (tertiary alicyclic amines) is 1. The zero-order valence-corrected chi connectivity index (χ0v) is 18.9. The fraction of sp³-hybridized carbons (Fsp3) is 0.321. The van der Waals surface area contributed by atoms with Crippen molar-refractivity contribution in [3.63, 3.8) is 0 Å². The van der Waals surface area contributed by atoms with Crippen LogP contribution < -0.4 is 10.1 Å². The van der Waals surface area contributed by atoms with Crippen molar-refractivity contribution >= 4 is 5.91 Å². The van der Waals surface area contributed by atoms with Gasteiger partial charge in [-0.05, 0) is 85.8 Å². The van der Waals surface area contributed by atoms with E-state index in [0.717, 1.165) is 55.8 Å². The Morgan fingerprint density at radius 1 is 0.939 bits per heavy atom. The highest BCUT2D eigenvalue weighted by Gasteiger charge is 2.19. The molecule has 0 radical (unpaired) electrons. The van der Waals surface area contributed by atoms with Gasteiger partial charge in [-0.3, -0.25) is 9.69 Å². The largest absolute Gasteiger partial charge is 0.489 e. The number of hydrogen-bond donors (Lipinski definition) is 1. The minimum Gasteiger partial charge on any atom is -0.489 e. The molecule has 3 aromatic rings. The molecule has 1 saturated heterocycles. The SMILES string of the molecule is O=C(NCCC1CCN(Cc2cccc(F)c2)CC1)c1ccc(OCc2ccccc2)cc1. The Kier molecular flexibility index (Phi) is 8.09. The number of carbonyl (C=O) groups is 1. The lowest BCUT2D eigenvalue weighted by atomic mass is 9.93. The third-order valence-electron chi connectivity index (χ3n) is 6.21. The molecule has 0 aromatic heterocycles. The molecular weight excluding hydrogens is 415 g/mol. The molecule has 1 fully saturated rings. The Hall–Kier alpha value is -3.18. The first-order valence-corrected chi connectivity index (χ1v) is 11.7. The molecule has 1 aliphatic heterocycles. The lowest BCUT2D eigenvalue weighted by Gasteiger charge is -2.32. The predicted molar refractivity (Wildman–Crippen MR) is 129 cm³/mol. The molecule has 1 aliphatic rings. The summed E-state index contributed by atoms with van der Waals surface area (Å²) in [5, 5.41) is 3.05. The van der Waals surface area contributed by atoms with E-state index in [0.29, 0.717) is 24.6 Å². The fourth-order valence-electron chi connectivity index (χ4n) is 4.26. The molecule has 4 rings (SSSR count). The van der Waals surface area contributed by atoms with Crippen molar-refractivity contribution in [2.45, 2.75) is 32.4 Å². The van der Waals surface area contributed by atoms with E-state index in [9.17, 15) is 9.18 Å². The summed E-state index contributed by atoms with van der Waals surface area (Å²) in [6, 6.07) is 24.1. The summed E-state index contributed by atoms with van der Waals surface area (Å²) < 4.78 is 19.2. The maximum Gasteiger partial charge on any atom is 0.251 e. The van der Waals surface area contributed by atoms with Crippen LogP contribution >= 0.6 is 0 Å². The first-order valence-electron chi connectivity index (χ1n) is 11.7. The van der Waals surface area contributed by atoms with Gasteiger partial charge < -0.3 is 10.1 Å². The van der Waals surface area contributed by atoms with E-state index in [4.69, 9.17) is 4.74 Å². The van der Waals surface area contributed by atoms with E-state index in [-0.39, 0.29) is 11.7 Å². The van der Waals surface area contributed by atoms with E-state index < -0.39 is 0 Å². The molecule has 1 amide bonds. The van der Waals surface area contributed by atoms with Crippen LogP contribution in [0.2, 0.25) is 0 Å². The molecule has 33 heavy (non-hydrogen) atoms. The summed E-state index contributed by atoms with van der Waals surface area (Å²) in [7, 11) is 0. The second-order valence-corrected chi connectivity index (χ2v) is 8.69. The molecule has 0 spiro atoms. The Morgan fingerprint density at radius 2 is 1.67 bits per heavy atom. The first kappa shape index (κ1) is 23.0. The van der Waals surface area contributed by atoms with Gasteiger partial charge in [0.05, 0.1) is 0 Å². The van der Waals surface area contributed by atoms with Crippen LogP contribution in [0.15, 0.2) is 78.9 Å². The Bertz CT molecular complexity index is 1020. The quantitative estimate of drug-likeness (QED) is 0.476. The zero-order valence-electron chi connectivity index (χ0n) is 18.9. The van der Waals surface area contributed by atoms with Crippen molar-refractivity contribution in [3.05, 3.63) is 101 Å². The summed E-state index contributed by atoms with van der Waals surface area (Å²) in [6.45, 7) is 4.01. The lowest BCUT2D eigenvalue weighted by Crippen LogP contribution is -2.34. The van der Waals surface area contributed by atoms with Crippen molar-refractivity contribution in [1.29, 1.82) is 0 Å². The van der Waals surface area contributed by atoms with Crippen molar-refractivity contribution in [1.82, 2.24) is 10.2 Å². The number of ether oxygens (including phenoxy) is 1. The van der Waals surface area contributed by atoms with Gasteiger partial charge in [-0.15, -0.1) is 0 Å². The summed E-state index contributed by atoms with van der Waals surface area (Å²) >= 11 is 0. The van der Waals surface area contributed by atoms with E-state index in [1.54, 1.807) is 24.3 Å². The van der Waals surface area contributed by atoms with Crippen molar-refractivity contribution in [2.75, 3.05) is 19.6 Å². The van der Waals surface area contributed by atoms with Crippen LogP contribution in [0.5, 0.6) is 5.75 Å². The first-order chi connectivity index (χ1) is 16.2. The highest BCUT2D eigenvalue weighted by Crippen LogP contribution is 2.22. The van der Waals surface area contributed by atoms with Gasteiger partial charge in [0.15, 0.2) is 0 Å². The summed E-state index contributed by atoms with van der Waals surface area (Å²) in [6.07, 6.45) is 3.20. The van der Waals surface area contributed by atoms with Crippen molar-refractivity contribution in [2.24, 2.45) is 5.92 Å². The smallest absolute Gasteiger partial charge is 0.251 e. The molecule has 172 valence electrons. The highest BCUT2D eigenvalue weighted by atomic mass is 19.1. The molecule has 5 heteroatoms. The Labute approximate surface area is 195 Å². The average Bonchev–Trinajstić information content (AvgIpc) is 2.85. The Balaban J connectivity index is 1.14. The van der Waals surface area contributed by atoms with E-state index in [1.807, 2.05) is 48.5 Å². The maximum absolute atomic E-state index is 13.4. The molecule has 0 saturated carbocycles. The van der Waals surface area contributed by atoms with Gasteiger partial charge in [0.2, 0.25) is 0 Å². The van der Waals surface area contributed by atoms with Gasteiger partial charge in [0, 0.05) is 18.7 Å². The molecule has 0 atom stereocenters. The number of benzene rings is 3. The number of hydrogen-bond acceptors (Lipinski definition) is 3. The predicted octanol–water partition coefficient (Wildman–Crippen LogP) is 5.44. The molecule has 1 heterocycles. The highest BCUT2D eigenvalue weighted by molar-refractivity contribution is 5.94. The van der Waals surface area contributed by atoms with Gasteiger partial charge >= 0.3 is 0 Å². The summed E-state index contributed by atoms with van der Waals surface area (Å²) in [5.74, 6) is 1.14. The van der Waals surface area contributed by atoms with Gasteiger partial charge in [-0.1, -0.05) is 42.5 Å². The van der Waals surface area contributed by atoms with Crippen molar-refractivity contribution < 1.29 is 13.9 Å². The number of amides is 1. The van der Waals surface area contributed by atoms with Crippen LogP contribution in [0, 0.1) is 11.7 Å². The second-order valence-electron chi connectivity index (χ2n) is 8.69. The molecule has 4 nitrogen and oxygen atoms in total. The van der Waals surface area contributed by atoms with Crippen LogP contribution in [0.4, 0.5) is 4.39 Å². The van der Waals surface area contributed by atoms with Crippen LogP contribution in [-0.2, 0) is 13.2 Å².